The Labute approximate surface area is 92.8 Å². The molecule has 0 aliphatic carbocycles. The number of hydrogen-bond acceptors (Lipinski definition) is 1. The Morgan fingerprint density at radius 3 is 2.60 bits per heavy atom. The summed E-state index contributed by atoms with van der Waals surface area (Å²) in [5, 5.41) is 0.390. The summed E-state index contributed by atoms with van der Waals surface area (Å²) >= 11 is 5.68. The van der Waals surface area contributed by atoms with Gasteiger partial charge in [-0.25, -0.2) is 0 Å². The largest absolute Gasteiger partial charge is 0.446 e. The first-order chi connectivity index (χ1) is 6.97. The molecule has 80 valence electrons. The monoisotopic (exact) mass is 251 g/mol. The SMILES string of the molecule is FC(F)(F)Sc1ccn2c(Cl)cccc12. The number of nitrogens with zero attached hydrogens (tertiary/aromatic N) is 1. The predicted molar refractivity (Wildman–Crippen MR) is 54.3 cm³/mol. The van der Waals surface area contributed by atoms with Gasteiger partial charge in [0.25, 0.3) is 0 Å². The molecule has 0 radical (unpaired) electrons. The first kappa shape index (κ1) is 10.7. The molecule has 0 aromatic carbocycles. The smallest absolute Gasteiger partial charge is 0.306 e. The highest BCUT2D eigenvalue weighted by atomic mass is 35.5. The van der Waals surface area contributed by atoms with Gasteiger partial charge in [-0.05, 0) is 30.0 Å². The first-order valence-electron chi connectivity index (χ1n) is 3.99. The van der Waals surface area contributed by atoms with Gasteiger partial charge in [0, 0.05) is 11.1 Å². The molecule has 0 aliphatic rings. The fourth-order valence-corrected chi connectivity index (χ4v) is 2.15. The summed E-state index contributed by atoms with van der Waals surface area (Å²) in [5.74, 6) is 0. The lowest BCUT2D eigenvalue weighted by Crippen LogP contribution is -1.98. The second-order valence-electron chi connectivity index (χ2n) is 2.83. The number of rotatable bonds is 1. The van der Waals surface area contributed by atoms with Crippen molar-refractivity contribution >= 4 is 28.9 Å². The summed E-state index contributed by atoms with van der Waals surface area (Å²) in [4.78, 5) is 0.157. The molecule has 0 amide bonds. The molecule has 15 heavy (non-hydrogen) atoms. The molecule has 2 aromatic heterocycles. The van der Waals surface area contributed by atoms with Crippen LogP contribution in [0.15, 0.2) is 35.4 Å². The lowest BCUT2D eigenvalue weighted by molar-refractivity contribution is -0.0327. The molecule has 0 N–H and O–H groups in total. The van der Waals surface area contributed by atoms with Gasteiger partial charge in [0.05, 0.1) is 5.52 Å². The van der Waals surface area contributed by atoms with Crippen molar-refractivity contribution in [1.29, 1.82) is 0 Å². The van der Waals surface area contributed by atoms with Gasteiger partial charge in [0.1, 0.15) is 5.15 Å². The average Bonchev–Trinajstić information content (AvgIpc) is 2.48. The molecule has 0 aliphatic heterocycles. The van der Waals surface area contributed by atoms with Crippen LogP contribution in [0, 0.1) is 0 Å². The van der Waals surface area contributed by atoms with Crippen LogP contribution in [0.4, 0.5) is 13.2 Å². The van der Waals surface area contributed by atoms with Gasteiger partial charge >= 0.3 is 5.51 Å². The summed E-state index contributed by atoms with van der Waals surface area (Å²) in [5.41, 5.74) is -3.81. The normalized spacial score (nSPS) is 12.3. The number of pyridine rings is 1. The number of alkyl halides is 3. The molecule has 0 fully saturated rings. The molecule has 0 saturated carbocycles. The molecule has 0 unspecified atom stereocenters. The highest BCUT2D eigenvalue weighted by molar-refractivity contribution is 8.00. The first-order valence-corrected chi connectivity index (χ1v) is 5.18. The van der Waals surface area contributed by atoms with Crippen molar-refractivity contribution in [2.24, 2.45) is 0 Å². The minimum atomic E-state index is -4.27. The Hall–Kier alpha value is -0.810. The van der Waals surface area contributed by atoms with Crippen molar-refractivity contribution in [2.75, 3.05) is 0 Å². The molecule has 0 bridgehead atoms. The van der Waals surface area contributed by atoms with Crippen LogP contribution in [-0.2, 0) is 0 Å². The van der Waals surface area contributed by atoms with E-state index in [9.17, 15) is 13.2 Å². The van der Waals surface area contributed by atoms with Gasteiger partial charge in [0.15, 0.2) is 0 Å². The minimum absolute atomic E-state index is 0.134. The van der Waals surface area contributed by atoms with E-state index in [0.29, 0.717) is 10.7 Å². The lowest BCUT2D eigenvalue weighted by Gasteiger charge is -2.04. The average molecular weight is 252 g/mol. The maximum Gasteiger partial charge on any atom is 0.446 e. The van der Waals surface area contributed by atoms with Crippen LogP contribution in [0.25, 0.3) is 5.52 Å². The van der Waals surface area contributed by atoms with Crippen molar-refractivity contribution in [1.82, 2.24) is 4.40 Å². The second kappa shape index (κ2) is 3.64. The number of thioether (sulfide) groups is 1. The van der Waals surface area contributed by atoms with Gasteiger partial charge in [0.2, 0.25) is 0 Å². The van der Waals surface area contributed by atoms with Gasteiger partial charge < -0.3 is 4.40 Å². The van der Waals surface area contributed by atoms with E-state index in [1.807, 2.05) is 0 Å². The zero-order valence-corrected chi connectivity index (χ0v) is 8.83. The number of aromatic nitrogens is 1. The number of hydrogen-bond donors (Lipinski definition) is 0. The van der Waals surface area contributed by atoms with E-state index in [1.54, 1.807) is 18.2 Å². The fraction of sp³-hybridized carbons (Fsp3) is 0.111. The molecule has 2 aromatic rings. The lowest BCUT2D eigenvalue weighted by atomic mass is 10.4. The molecule has 1 nitrogen and oxygen atoms in total. The van der Waals surface area contributed by atoms with E-state index in [2.05, 4.69) is 0 Å². The second-order valence-corrected chi connectivity index (χ2v) is 4.33. The number of fused-ring (bicyclic) bond motifs is 1. The molecular weight excluding hydrogens is 247 g/mol. The Morgan fingerprint density at radius 2 is 1.93 bits per heavy atom. The van der Waals surface area contributed by atoms with E-state index in [1.165, 1.54) is 16.7 Å². The fourth-order valence-electron chi connectivity index (χ4n) is 1.29. The van der Waals surface area contributed by atoms with Crippen LogP contribution in [0.2, 0.25) is 5.15 Å². The van der Waals surface area contributed by atoms with Gasteiger partial charge in [-0.2, -0.15) is 13.2 Å². The van der Waals surface area contributed by atoms with Gasteiger partial charge in [-0.3, -0.25) is 0 Å². The van der Waals surface area contributed by atoms with Crippen LogP contribution in [0.5, 0.6) is 0 Å². The van der Waals surface area contributed by atoms with Gasteiger partial charge in [-0.15, -0.1) is 0 Å². The topological polar surface area (TPSA) is 4.41 Å². The van der Waals surface area contributed by atoms with E-state index in [0.717, 1.165) is 0 Å². The summed E-state index contributed by atoms with van der Waals surface area (Å²) in [7, 11) is 0. The summed E-state index contributed by atoms with van der Waals surface area (Å²) in [6.07, 6.45) is 1.52. The molecule has 2 rings (SSSR count). The Morgan fingerprint density at radius 1 is 1.20 bits per heavy atom. The third kappa shape index (κ3) is 2.23. The van der Waals surface area contributed by atoms with Crippen molar-refractivity contribution in [3.05, 3.63) is 35.6 Å². The maximum atomic E-state index is 12.2. The van der Waals surface area contributed by atoms with Crippen LogP contribution in [-0.4, -0.2) is 9.91 Å². The van der Waals surface area contributed by atoms with E-state index < -0.39 is 5.51 Å². The van der Waals surface area contributed by atoms with Crippen LogP contribution in [0.3, 0.4) is 0 Å². The summed E-state index contributed by atoms with van der Waals surface area (Å²) < 4.78 is 38.0. The van der Waals surface area contributed by atoms with Crippen LogP contribution in [0.1, 0.15) is 0 Å². The summed E-state index contributed by atoms with van der Waals surface area (Å²) in [6, 6.07) is 6.24. The Bertz CT molecular complexity index is 492. The quantitative estimate of drug-likeness (QED) is 0.543. The predicted octanol–water partition coefficient (Wildman–Crippen LogP) is 4.20. The molecule has 6 heteroatoms. The third-order valence-corrected chi connectivity index (χ3v) is 2.94. The van der Waals surface area contributed by atoms with Crippen LogP contribution < -0.4 is 0 Å². The maximum absolute atomic E-state index is 12.2. The minimum Gasteiger partial charge on any atom is -0.306 e. The molecule has 0 atom stereocenters. The van der Waals surface area contributed by atoms with Crippen LogP contribution >= 0.6 is 23.4 Å². The van der Waals surface area contributed by atoms with E-state index >= 15 is 0 Å². The van der Waals surface area contributed by atoms with Crippen molar-refractivity contribution < 1.29 is 13.2 Å². The highest BCUT2D eigenvalue weighted by Crippen LogP contribution is 2.39. The molecule has 0 saturated heterocycles. The van der Waals surface area contributed by atoms with E-state index in [-0.39, 0.29) is 16.7 Å². The third-order valence-electron chi connectivity index (χ3n) is 1.83. The van der Waals surface area contributed by atoms with Crippen molar-refractivity contribution in [2.45, 2.75) is 10.4 Å². The highest BCUT2D eigenvalue weighted by Gasteiger charge is 2.30. The number of halogens is 4. The van der Waals surface area contributed by atoms with E-state index in [4.69, 9.17) is 11.6 Å². The van der Waals surface area contributed by atoms with Gasteiger partial charge in [-0.1, -0.05) is 17.7 Å². The van der Waals surface area contributed by atoms with Crippen molar-refractivity contribution in [3.63, 3.8) is 0 Å². The molecule has 2 heterocycles. The zero-order chi connectivity index (χ0) is 11.1. The zero-order valence-electron chi connectivity index (χ0n) is 7.25. The molecular formula is C9H5ClF3NS. The Balaban J connectivity index is 2.50. The van der Waals surface area contributed by atoms with Crippen molar-refractivity contribution in [3.8, 4) is 0 Å². The molecule has 0 spiro atoms. The standard InChI is InChI=1S/C9H5ClF3NS/c10-8-3-1-2-6-7(4-5-14(6)8)15-9(11,12)13/h1-5H. The summed E-state index contributed by atoms with van der Waals surface area (Å²) in [6.45, 7) is 0. The Kier molecular flexibility index (Phi) is 2.60.